The van der Waals surface area contributed by atoms with E-state index in [1.807, 2.05) is 12.1 Å². The molecule has 102 valence electrons. The second-order valence-corrected chi connectivity index (χ2v) is 6.49. The van der Waals surface area contributed by atoms with E-state index in [0.717, 1.165) is 27.5 Å². The fourth-order valence-electron chi connectivity index (χ4n) is 2.91. The van der Waals surface area contributed by atoms with Gasteiger partial charge in [0.05, 0.1) is 11.6 Å². The van der Waals surface area contributed by atoms with Crippen molar-refractivity contribution in [1.29, 1.82) is 0 Å². The molecule has 1 fully saturated rings. The summed E-state index contributed by atoms with van der Waals surface area (Å²) >= 11 is 3.37. The Labute approximate surface area is 121 Å². The summed E-state index contributed by atoms with van der Waals surface area (Å²) in [7, 11) is 0. The number of imidazole rings is 1. The molecule has 3 rings (SSSR count). The topological polar surface area (TPSA) is 67.6 Å². The van der Waals surface area contributed by atoms with E-state index in [-0.39, 0.29) is 6.04 Å². The second-order valence-electron chi connectivity index (χ2n) is 5.67. The number of nitrogens with two attached hydrogens (primary N) is 1. The Kier molecular flexibility index (Phi) is 3.58. The number of nitrogens with one attached hydrogen (secondary N) is 1. The summed E-state index contributed by atoms with van der Waals surface area (Å²) in [6, 6.07) is 3.90. The van der Waals surface area contributed by atoms with Crippen LogP contribution in [0.5, 0.6) is 0 Å². The van der Waals surface area contributed by atoms with E-state index in [2.05, 4.69) is 37.8 Å². The molecule has 1 saturated carbocycles. The van der Waals surface area contributed by atoms with E-state index in [1.54, 1.807) is 0 Å². The lowest BCUT2D eigenvalue weighted by Crippen LogP contribution is -2.26. The minimum absolute atomic E-state index is 0.000440. The zero-order chi connectivity index (χ0) is 13.4. The largest absolute Gasteiger partial charge is 0.339 e. The maximum atomic E-state index is 6.38. The molecular formula is C14H19BrN4. The van der Waals surface area contributed by atoms with E-state index in [0.29, 0.717) is 5.92 Å². The smallest absolute Gasteiger partial charge is 0.178 e. The Hall–Kier alpha value is -0.940. The van der Waals surface area contributed by atoms with Crippen LogP contribution < -0.4 is 5.73 Å². The molecule has 3 N–H and O–H groups in total. The van der Waals surface area contributed by atoms with Crippen molar-refractivity contribution in [3.63, 3.8) is 0 Å². The van der Waals surface area contributed by atoms with Crippen molar-refractivity contribution < 1.29 is 0 Å². The van der Waals surface area contributed by atoms with Crippen molar-refractivity contribution in [2.45, 2.75) is 38.6 Å². The molecule has 0 unspecified atom stereocenters. The quantitative estimate of drug-likeness (QED) is 0.831. The number of pyridine rings is 1. The van der Waals surface area contributed by atoms with Gasteiger partial charge < -0.3 is 10.7 Å². The maximum Gasteiger partial charge on any atom is 0.178 e. The third-order valence-electron chi connectivity index (χ3n) is 4.21. The summed E-state index contributed by atoms with van der Waals surface area (Å²) in [5.41, 5.74) is 8.08. The van der Waals surface area contributed by atoms with Crippen LogP contribution in [0, 0.1) is 11.8 Å². The number of fused-ring (bicyclic) bond motifs is 1. The summed E-state index contributed by atoms with van der Waals surface area (Å²) in [6.07, 6.45) is 4.97. The molecule has 0 aromatic carbocycles. The van der Waals surface area contributed by atoms with E-state index >= 15 is 0 Å². The Bertz CT molecular complexity index is 572. The van der Waals surface area contributed by atoms with Gasteiger partial charge >= 0.3 is 0 Å². The van der Waals surface area contributed by atoms with Gasteiger partial charge in [0.25, 0.3) is 0 Å². The normalized spacial score (nSPS) is 25.6. The molecule has 4 nitrogen and oxygen atoms in total. The first-order valence-electron chi connectivity index (χ1n) is 6.91. The monoisotopic (exact) mass is 322 g/mol. The van der Waals surface area contributed by atoms with Crippen LogP contribution in [0.4, 0.5) is 0 Å². The van der Waals surface area contributed by atoms with Crippen LogP contribution >= 0.6 is 15.9 Å². The number of hydrogen-bond acceptors (Lipinski definition) is 3. The van der Waals surface area contributed by atoms with Crippen LogP contribution in [-0.2, 0) is 0 Å². The first-order chi connectivity index (χ1) is 9.13. The van der Waals surface area contributed by atoms with Crippen molar-refractivity contribution in [3.8, 4) is 0 Å². The lowest BCUT2D eigenvalue weighted by molar-refractivity contribution is 0.252. The van der Waals surface area contributed by atoms with Crippen LogP contribution in [0.25, 0.3) is 11.2 Å². The summed E-state index contributed by atoms with van der Waals surface area (Å²) in [4.78, 5) is 12.2. The molecule has 1 aliphatic rings. The van der Waals surface area contributed by atoms with E-state index < -0.39 is 0 Å². The van der Waals surface area contributed by atoms with Crippen LogP contribution in [0.2, 0.25) is 0 Å². The van der Waals surface area contributed by atoms with Crippen LogP contribution in [0.3, 0.4) is 0 Å². The molecule has 2 aromatic rings. The fourth-order valence-corrected chi connectivity index (χ4v) is 3.21. The van der Waals surface area contributed by atoms with Gasteiger partial charge in [0.15, 0.2) is 5.65 Å². The minimum Gasteiger partial charge on any atom is -0.339 e. The highest BCUT2D eigenvalue weighted by atomic mass is 79.9. The molecule has 1 atom stereocenters. The number of H-pyrrole nitrogens is 1. The van der Waals surface area contributed by atoms with Crippen molar-refractivity contribution in [2.24, 2.45) is 17.6 Å². The van der Waals surface area contributed by atoms with Crippen LogP contribution in [-0.4, -0.2) is 15.0 Å². The Morgan fingerprint density at radius 1 is 1.26 bits per heavy atom. The Morgan fingerprint density at radius 3 is 2.74 bits per heavy atom. The Morgan fingerprint density at radius 2 is 2.00 bits per heavy atom. The van der Waals surface area contributed by atoms with Crippen molar-refractivity contribution in [2.75, 3.05) is 0 Å². The molecule has 0 bridgehead atoms. The van der Waals surface area contributed by atoms with Gasteiger partial charge in [0, 0.05) is 0 Å². The molecule has 2 aromatic heterocycles. The molecule has 0 saturated heterocycles. The van der Waals surface area contributed by atoms with Crippen molar-refractivity contribution in [3.05, 3.63) is 22.6 Å². The van der Waals surface area contributed by atoms with Gasteiger partial charge in [0.2, 0.25) is 0 Å². The summed E-state index contributed by atoms with van der Waals surface area (Å²) in [5, 5.41) is 0. The molecule has 1 aliphatic carbocycles. The first kappa shape index (κ1) is 13.1. The molecule has 0 spiro atoms. The molecule has 0 radical (unpaired) electrons. The van der Waals surface area contributed by atoms with Gasteiger partial charge in [-0.05, 0) is 52.7 Å². The second kappa shape index (κ2) is 5.21. The van der Waals surface area contributed by atoms with Gasteiger partial charge in [-0.3, -0.25) is 0 Å². The molecule has 0 amide bonds. The summed E-state index contributed by atoms with van der Waals surface area (Å²) in [6.45, 7) is 2.32. The lowest BCUT2D eigenvalue weighted by atomic mass is 9.79. The average molecular weight is 323 g/mol. The van der Waals surface area contributed by atoms with Crippen LogP contribution in [0.1, 0.15) is 44.5 Å². The van der Waals surface area contributed by atoms with E-state index in [4.69, 9.17) is 5.73 Å². The number of halogens is 1. The van der Waals surface area contributed by atoms with Gasteiger partial charge in [0.1, 0.15) is 10.4 Å². The van der Waals surface area contributed by atoms with Gasteiger partial charge in [-0.2, -0.15) is 0 Å². The van der Waals surface area contributed by atoms with Gasteiger partial charge in [-0.1, -0.05) is 19.8 Å². The third-order valence-corrected chi connectivity index (χ3v) is 4.66. The van der Waals surface area contributed by atoms with Crippen molar-refractivity contribution >= 4 is 27.1 Å². The van der Waals surface area contributed by atoms with Gasteiger partial charge in [-0.15, -0.1) is 0 Å². The van der Waals surface area contributed by atoms with Gasteiger partial charge in [-0.25, -0.2) is 9.97 Å². The Balaban J connectivity index is 1.83. The predicted molar refractivity (Wildman–Crippen MR) is 79.6 cm³/mol. The minimum atomic E-state index is 0.000440. The third kappa shape index (κ3) is 2.67. The molecule has 19 heavy (non-hydrogen) atoms. The number of nitrogens with zero attached hydrogens (tertiary/aromatic N) is 2. The lowest BCUT2D eigenvalue weighted by Gasteiger charge is -2.29. The zero-order valence-electron chi connectivity index (χ0n) is 11.1. The summed E-state index contributed by atoms with van der Waals surface area (Å²) in [5.74, 6) is 2.26. The maximum absolute atomic E-state index is 6.38. The highest BCUT2D eigenvalue weighted by molar-refractivity contribution is 9.10. The predicted octanol–water partition coefficient (Wildman–Crippen LogP) is 3.55. The molecule has 5 heteroatoms. The van der Waals surface area contributed by atoms with Crippen molar-refractivity contribution in [1.82, 2.24) is 15.0 Å². The standard InChI is InChI=1S/C14H19BrN4/c1-8-2-4-9(5-3-8)12(16)14-17-10-6-7-11(15)18-13(10)19-14/h6-9,12H,2-5,16H2,1H3,(H,17,18,19)/t8?,9?,12-/m0/s1. The highest BCUT2D eigenvalue weighted by Gasteiger charge is 2.26. The number of aromatic amines is 1. The molecular weight excluding hydrogens is 304 g/mol. The fraction of sp³-hybridized carbons (Fsp3) is 0.571. The zero-order valence-corrected chi connectivity index (χ0v) is 12.7. The number of hydrogen-bond donors (Lipinski definition) is 2. The molecule has 0 aliphatic heterocycles. The SMILES string of the molecule is CC1CCC([C@H](N)c2nc3nc(Br)ccc3[nH]2)CC1. The number of rotatable bonds is 2. The molecule has 2 heterocycles. The van der Waals surface area contributed by atoms with Crippen LogP contribution in [0.15, 0.2) is 16.7 Å². The highest BCUT2D eigenvalue weighted by Crippen LogP contribution is 2.35. The first-order valence-corrected chi connectivity index (χ1v) is 7.70. The number of aromatic nitrogens is 3. The average Bonchev–Trinajstić information content (AvgIpc) is 2.81. The van der Waals surface area contributed by atoms with E-state index in [1.165, 1.54) is 25.7 Å². The van der Waals surface area contributed by atoms with E-state index in [9.17, 15) is 0 Å². The summed E-state index contributed by atoms with van der Waals surface area (Å²) < 4.78 is 0.804.